The van der Waals surface area contributed by atoms with Crippen LogP contribution in [0.3, 0.4) is 0 Å². The second kappa shape index (κ2) is 5.33. The molecule has 0 bridgehead atoms. The van der Waals surface area contributed by atoms with Gasteiger partial charge in [0.25, 0.3) is 0 Å². The Morgan fingerprint density at radius 3 is 2.39 bits per heavy atom. The van der Waals surface area contributed by atoms with E-state index in [-0.39, 0.29) is 17.6 Å². The first-order valence-electron chi connectivity index (χ1n) is 6.44. The van der Waals surface area contributed by atoms with Gasteiger partial charge in [-0.15, -0.1) is 0 Å². The quantitative estimate of drug-likeness (QED) is 0.898. The normalized spacial score (nSPS) is 24.2. The van der Waals surface area contributed by atoms with Crippen LogP contribution in [0.5, 0.6) is 0 Å². The SMILES string of the molecule is CC(N)C1CCN(C(C)c2c(F)cccc2F)C1. The fourth-order valence-electron chi connectivity index (χ4n) is 2.69. The van der Waals surface area contributed by atoms with Crippen LogP contribution in [0, 0.1) is 17.6 Å². The van der Waals surface area contributed by atoms with Gasteiger partial charge in [0.1, 0.15) is 11.6 Å². The molecule has 1 saturated heterocycles. The summed E-state index contributed by atoms with van der Waals surface area (Å²) in [5, 5.41) is 0. The zero-order chi connectivity index (χ0) is 13.3. The monoisotopic (exact) mass is 254 g/mol. The van der Waals surface area contributed by atoms with Crippen LogP contribution in [0.15, 0.2) is 18.2 Å². The molecule has 0 amide bonds. The average Bonchev–Trinajstić information content (AvgIpc) is 2.77. The summed E-state index contributed by atoms with van der Waals surface area (Å²) in [6.07, 6.45) is 0.998. The van der Waals surface area contributed by atoms with Crippen LogP contribution in [-0.2, 0) is 0 Å². The van der Waals surface area contributed by atoms with Gasteiger partial charge in [0.2, 0.25) is 0 Å². The molecular weight excluding hydrogens is 234 g/mol. The van der Waals surface area contributed by atoms with Crippen LogP contribution in [-0.4, -0.2) is 24.0 Å². The van der Waals surface area contributed by atoms with Gasteiger partial charge in [0.15, 0.2) is 0 Å². The van der Waals surface area contributed by atoms with E-state index < -0.39 is 11.6 Å². The topological polar surface area (TPSA) is 29.3 Å². The Morgan fingerprint density at radius 2 is 1.89 bits per heavy atom. The van der Waals surface area contributed by atoms with E-state index in [0.717, 1.165) is 19.5 Å². The average molecular weight is 254 g/mol. The van der Waals surface area contributed by atoms with E-state index in [0.29, 0.717) is 5.92 Å². The van der Waals surface area contributed by atoms with Gasteiger partial charge in [-0.1, -0.05) is 6.07 Å². The van der Waals surface area contributed by atoms with E-state index in [1.165, 1.54) is 18.2 Å². The third kappa shape index (κ3) is 2.54. The highest BCUT2D eigenvalue weighted by Crippen LogP contribution is 2.31. The molecule has 2 N–H and O–H groups in total. The lowest BCUT2D eigenvalue weighted by atomic mass is 10.0. The van der Waals surface area contributed by atoms with E-state index in [9.17, 15) is 8.78 Å². The number of hydrogen-bond donors (Lipinski definition) is 1. The molecule has 0 aromatic heterocycles. The van der Waals surface area contributed by atoms with Crippen molar-refractivity contribution in [3.63, 3.8) is 0 Å². The number of nitrogens with two attached hydrogens (primary N) is 1. The molecule has 1 aromatic rings. The first-order chi connectivity index (χ1) is 8.50. The first-order valence-corrected chi connectivity index (χ1v) is 6.44. The molecule has 18 heavy (non-hydrogen) atoms. The molecule has 0 saturated carbocycles. The van der Waals surface area contributed by atoms with Gasteiger partial charge in [-0.2, -0.15) is 0 Å². The predicted molar refractivity (Wildman–Crippen MR) is 68.1 cm³/mol. The molecule has 1 heterocycles. The van der Waals surface area contributed by atoms with Crippen molar-refractivity contribution < 1.29 is 8.78 Å². The van der Waals surface area contributed by atoms with Crippen molar-refractivity contribution >= 4 is 0 Å². The number of nitrogens with zero attached hydrogens (tertiary/aromatic N) is 1. The number of likely N-dealkylation sites (tertiary alicyclic amines) is 1. The van der Waals surface area contributed by atoms with E-state index in [4.69, 9.17) is 5.73 Å². The summed E-state index contributed by atoms with van der Waals surface area (Å²) >= 11 is 0. The molecule has 1 fully saturated rings. The van der Waals surface area contributed by atoms with Crippen LogP contribution in [0.1, 0.15) is 31.9 Å². The maximum Gasteiger partial charge on any atom is 0.130 e. The molecule has 1 aromatic carbocycles. The van der Waals surface area contributed by atoms with Gasteiger partial charge >= 0.3 is 0 Å². The largest absolute Gasteiger partial charge is 0.328 e. The smallest absolute Gasteiger partial charge is 0.130 e. The van der Waals surface area contributed by atoms with Crippen LogP contribution in [0.4, 0.5) is 8.78 Å². The highest BCUT2D eigenvalue weighted by molar-refractivity contribution is 5.23. The zero-order valence-electron chi connectivity index (χ0n) is 10.9. The Kier molecular flexibility index (Phi) is 3.97. The zero-order valence-corrected chi connectivity index (χ0v) is 10.9. The Labute approximate surface area is 107 Å². The molecule has 100 valence electrons. The third-order valence-corrected chi connectivity index (χ3v) is 3.96. The minimum atomic E-state index is -0.466. The van der Waals surface area contributed by atoms with Gasteiger partial charge in [-0.25, -0.2) is 8.78 Å². The van der Waals surface area contributed by atoms with Crippen molar-refractivity contribution in [2.75, 3.05) is 13.1 Å². The minimum absolute atomic E-state index is 0.132. The first kappa shape index (κ1) is 13.4. The molecule has 0 spiro atoms. The van der Waals surface area contributed by atoms with Crippen LogP contribution in [0.25, 0.3) is 0 Å². The van der Waals surface area contributed by atoms with Gasteiger partial charge in [0.05, 0.1) is 0 Å². The molecular formula is C14H20F2N2. The van der Waals surface area contributed by atoms with Crippen LogP contribution in [0.2, 0.25) is 0 Å². The van der Waals surface area contributed by atoms with Gasteiger partial charge in [-0.05, 0) is 44.9 Å². The van der Waals surface area contributed by atoms with Crippen molar-refractivity contribution in [1.82, 2.24) is 4.90 Å². The second-order valence-corrected chi connectivity index (χ2v) is 5.21. The number of hydrogen-bond acceptors (Lipinski definition) is 2. The van der Waals surface area contributed by atoms with E-state index in [1.54, 1.807) is 0 Å². The van der Waals surface area contributed by atoms with Crippen molar-refractivity contribution in [3.8, 4) is 0 Å². The molecule has 3 unspecified atom stereocenters. The summed E-state index contributed by atoms with van der Waals surface area (Å²) in [4.78, 5) is 2.11. The fraction of sp³-hybridized carbons (Fsp3) is 0.571. The maximum atomic E-state index is 13.7. The van der Waals surface area contributed by atoms with Crippen molar-refractivity contribution in [3.05, 3.63) is 35.4 Å². The lowest BCUT2D eigenvalue weighted by Crippen LogP contribution is -2.31. The Hall–Kier alpha value is -1.00. The summed E-state index contributed by atoms with van der Waals surface area (Å²) in [7, 11) is 0. The number of benzene rings is 1. The lowest BCUT2D eigenvalue weighted by Gasteiger charge is -2.26. The van der Waals surface area contributed by atoms with Crippen LogP contribution >= 0.6 is 0 Å². The van der Waals surface area contributed by atoms with E-state index >= 15 is 0 Å². The highest BCUT2D eigenvalue weighted by atomic mass is 19.1. The molecule has 0 radical (unpaired) electrons. The number of rotatable bonds is 3. The van der Waals surface area contributed by atoms with Gasteiger partial charge in [0, 0.05) is 24.2 Å². The van der Waals surface area contributed by atoms with Crippen molar-refractivity contribution in [1.29, 1.82) is 0 Å². The lowest BCUT2D eigenvalue weighted by molar-refractivity contribution is 0.238. The summed E-state index contributed by atoms with van der Waals surface area (Å²) in [6.45, 7) is 5.50. The minimum Gasteiger partial charge on any atom is -0.328 e. The highest BCUT2D eigenvalue weighted by Gasteiger charge is 2.30. The van der Waals surface area contributed by atoms with Gasteiger partial charge in [-0.3, -0.25) is 4.90 Å². The molecule has 2 nitrogen and oxygen atoms in total. The van der Waals surface area contributed by atoms with Crippen LogP contribution < -0.4 is 5.73 Å². The Balaban J connectivity index is 2.15. The standard InChI is InChI=1S/C14H20F2N2/c1-9(17)11-6-7-18(8-11)10(2)14-12(15)4-3-5-13(14)16/h3-5,9-11H,6-8,17H2,1-2H3. The Bertz CT molecular complexity index is 400. The summed E-state index contributed by atoms with van der Waals surface area (Å²) in [5.41, 5.74) is 6.05. The Morgan fingerprint density at radius 1 is 1.28 bits per heavy atom. The molecule has 1 aliphatic heterocycles. The summed E-state index contributed by atoms with van der Waals surface area (Å²) in [5.74, 6) is -0.513. The molecule has 1 aliphatic rings. The molecule has 4 heteroatoms. The maximum absolute atomic E-state index is 13.7. The number of halogens is 2. The third-order valence-electron chi connectivity index (χ3n) is 3.96. The molecule has 2 rings (SSSR count). The summed E-state index contributed by atoms with van der Waals surface area (Å²) < 4.78 is 27.4. The predicted octanol–water partition coefficient (Wildman–Crippen LogP) is 2.69. The van der Waals surface area contributed by atoms with E-state index in [1.807, 2.05) is 13.8 Å². The van der Waals surface area contributed by atoms with E-state index in [2.05, 4.69) is 4.90 Å². The van der Waals surface area contributed by atoms with Crippen molar-refractivity contribution in [2.24, 2.45) is 11.7 Å². The molecule has 3 atom stereocenters. The van der Waals surface area contributed by atoms with Crippen molar-refractivity contribution in [2.45, 2.75) is 32.4 Å². The summed E-state index contributed by atoms with van der Waals surface area (Å²) in [6, 6.07) is 3.92. The fourth-order valence-corrected chi connectivity index (χ4v) is 2.69. The van der Waals surface area contributed by atoms with Gasteiger partial charge < -0.3 is 5.73 Å². The molecule has 0 aliphatic carbocycles. The second-order valence-electron chi connectivity index (χ2n) is 5.21.